The zero-order valence-electron chi connectivity index (χ0n) is 25.8. The van der Waals surface area contributed by atoms with Gasteiger partial charge in [0.1, 0.15) is 0 Å². The summed E-state index contributed by atoms with van der Waals surface area (Å²) in [6.07, 6.45) is -1.35. The van der Waals surface area contributed by atoms with Gasteiger partial charge in [0.2, 0.25) is 0 Å². The van der Waals surface area contributed by atoms with Crippen LogP contribution in [0.5, 0.6) is 0 Å². The van der Waals surface area contributed by atoms with Gasteiger partial charge in [-0.2, -0.15) is 18.3 Å². The van der Waals surface area contributed by atoms with Crippen molar-refractivity contribution in [3.05, 3.63) is 91.9 Å². The highest BCUT2D eigenvalue weighted by Gasteiger charge is 2.31. The minimum absolute atomic E-state index is 0.244. The number of nitrogens with zero attached hydrogens (tertiary/aromatic N) is 4. The van der Waals surface area contributed by atoms with Gasteiger partial charge in [-0.05, 0) is 82.8 Å². The van der Waals surface area contributed by atoms with E-state index in [0.717, 1.165) is 49.4 Å². The summed E-state index contributed by atoms with van der Waals surface area (Å²) in [5, 5.41) is 7.58. The molecule has 0 aliphatic carbocycles. The number of piperidine rings is 1. The lowest BCUT2D eigenvalue weighted by molar-refractivity contribution is -0.137. The van der Waals surface area contributed by atoms with E-state index in [4.69, 9.17) is 28.3 Å². The Balaban J connectivity index is 1.43. The second-order valence-corrected chi connectivity index (χ2v) is 16.5. The first-order valence-electron chi connectivity index (χ1n) is 15.3. The molecule has 0 atom stereocenters. The van der Waals surface area contributed by atoms with Gasteiger partial charge in [-0.1, -0.05) is 41.5 Å². The van der Waals surface area contributed by atoms with Gasteiger partial charge < -0.3 is 0 Å². The molecule has 4 aromatic rings. The number of thiophene rings is 1. The maximum absolute atomic E-state index is 13.9. The summed E-state index contributed by atoms with van der Waals surface area (Å²) in [5.74, 6) is 10.5. The van der Waals surface area contributed by atoms with Crippen LogP contribution in [0.2, 0.25) is 10.0 Å². The second-order valence-electron chi connectivity index (χ2n) is 11.8. The van der Waals surface area contributed by atoms with Gasteiger partial charge in [0.05, 0.1) is 31.7 Å². The predicted molar refractivity (Wildman–Crippen MR) is 187 cm³/mol. The molecule has 2 fully saturated rings. The molecule has 2 aromatic heterocycles. The molecule has 252 valence electrons. The van der Waals surface area contributed by atoms with E-state index in [1.54, 1.807) is 22.9 Å². The summed E-state index contributed by atoms with van der Waals surface area (Å²) in [6.45, 7) is 2.95. The third kappa shape index (κ3) is 8.10. The van der Waals surface area contributed by atoms with Gasteiger partial charge in [-0.25, -0.2) is 9.69 Å². The van der Waals surface area contributed by atoms with Gasteiger partial charge >= 0.3 is 6.18 Å². The summed E-state index contributed by atoms with van der Waals surface area (Å²) in [7, 11) is -2.15. The standard InChI is InChI=1S/C34H32Cl2F3N5O2S2/c1-48(46)19-17-42(18-20-48)22-27-31(33(45)41-43-15-3-2-4-16-43)40-44(29-13-10-25(35)21-28(29)36)32(27)30-14-12-26(47-30)11-7-23-5-8-24(9-6-23)34(37,38)39/h5-6,8-10,12-14,21H,1-4,15-20,22H2,(H,41,45). The minimum atomic E-state index is -4.42. The van der Waals surface area contributed by atoms with Gasteiger partial charge in [-0.3, -0.25) is 19.3 Å². The lowest BCUT2D eigenvalue weighted by Crippen LogP contribution is -2.45. The molecule has 0 bridgehead atoms. The average molecular weight is 735 g/mol. The quantitative estimate of drug-likeness (QED) is 0.171. The molecule has 1 amide bonds. The van der Waals surface area contributed by atoms with Crippen LogP contribution in [0, 0.1) is 11.8 Å². The van der Waals surface area contributed by atoms with Crippen LogP contribution >= 0.6 is 34.5 Å². The zero-order valence-corrected chi connectivity index (χ0v) is 28.9. The smallest absolute Gasteiger partial charge is 0.297 e. The largest absolute Gasteiger partial charge is 0.416 e. The number of aromatic nitrogens is 2. The highest BCUT2D eigenvalue weighted by molar-refractivity contribution is 8.00. The van der Waals surface area contributed by atoms with E-state index in [0.29, 0.717) is 68.6 Å². The van der Waals surface area contributed by atoms with Crippen LogP contribution in [-0.2, 0) is 22.2 Å². The highest BCUT2D eigenvalue weighted by Crippen LogP contribution is 2.37. The van der Waals surface area contributed by atoms with Crippen molar-refractivity contribution in [2.75, 3.05) is 37.7 Å². The third-order valence-electron chi connectivity index (χ3n) is 8.27. The van der Waals surface area contributed by atoms with Gasteiger partial charge in [0, 0.05) is 60.4 Å². The van der Waals surface area contributed by atoms with Crippen LogP contribution in [0.25, 0.3) is 16.3 Å². The zero-order chi connectivity index (χ0) is 34.1. The van der Waals surface area contributed by atoms with E-state index < -0.39 is 21.3 Å². The van der Waals surface area contributed by atoms with Gasteiger partial charge in [0.25, 0.3) is 5.91 Å². The third-order valence-corrected chi connectivity index (χ3v) is 11.7. The lowest BCUT2D eigenvalue weighted by atomic mass is 10.1. The summed E-state index contributed by atoms with van der Waals surface area (Å²) in [6, 6.07) is 13.5. The van der Waals surface area contributed by atoms with Crippen LogP contribution in [0.1, 0.15) is 51.3 Å². The number of carbonyl (C=O) groups excluding carboxylic acids is 1. The van der Waals surface area contributed by atoms with Crippen molar-refractivity contribution >= 4 is 55.8 Å². The molecule has 0 saturated carbocycles. The Hall–Kier alpha value is -3.31. The predicted octanol–water partition coefficient (Wildman–Crippen LogP) is 6.99. The van der Waals surface area contributed by atoms with E-state index in [9.17, 15) is 22.2 Å². The maximum atomic E-state index is 13.9. The summed E-state index contributed by atoms with van der Waals surface area (Å²) in [4.78, 5) is 17.5. The number of hydrazine groups is 1. The first-order valence-corrected chi connectivity index (χ1v) is 19.0. The van der Waals surface area contributed by atoms with E-state index >= 15 is 0 Å². The molecule has 1 N–H and O–H groups in total. The van der Waals surface area contributed by atoms with Crippen molar-refractivity contribution in [2.24, 2.45) is 0 Å². The number of alkyl halides is 3. The topological polar surface area (TPSA) is 70.5 Å². The number of hydrogen-bond acceptors (Lipinski definition) is 6. The Morgan fingerprint density at radius 2 is 1.69 bits per heavy atom. The molecule has 14 heteroatoms. The van der Waals surface area contributed by atoms with Crippen molar-refractivity contribution in [1.82, 2.24) is 25.1 Å². The SMILES string of the molecule is C=S1(=O)CCN(Cc2c(C(=O)NN3CCCCC3)nn(-c3ccc(Cl)cc3Cl)c2-c2ccc(C#Cc3ccc(C(F)(F)F)cc3)s2)CC1. The van der Waals surface area contributed by atoms with Crippen LogP contribution in [0.15, 0.2) is 54.6 Å². The first kappa shape index (κ1) is 34.5. The molecule has 2 aliphatic heterocycles. The molecule has 6 rings (SSSR count). The Morgan fingerprint density at radius 3 is 2.35 bits per heavy atom. The summed E-state index contributed by atoms with van der Waals surface area (Å²) < 4.78 is 53.4. The molecule has 7 nitrogen and oxygen atoms in total. The van der Waals surface area contributed by atoms with Crippen molar-refractivity contribution in [1.29, 1.82) is 0 Å². The Bertz CT molecular complexity index is 1980. The van der Waals surface area contributed by atoms with Crippen molar-refractivity contribution in [3.8, 4) is 28.1 Å². The molecule has 0 unspecified atom stereocenters. The molecule has 4 heterocycles. The van der Waals surface area contributed by atoms with Crippen LogP contribution in [-0.4, -0.2) is 73.4 Å². The highest BCUT2D eigenvalue weighted by atomic mass is 35.5. The Morgan fingerprint density at radius 1 is 0.979 bits per heavy atom. The lowest BCUT2D eigenvalue weighted by Gasteiger charge is -2.29. The van der Waals surface area contributed by atoms with Crippen LogP contribution in [0.3, 0.4) is 0 Å². The molecular weight excluding hydrogens is 702 g/mol. The van der Waals surface area contributed by atoms with Crippen molar-refractivity contribution < 1.29 is 22.2 Å². The van der Waals surface area contributed by atoms with Gasteiger partial charge in [-0.15, -0.1) is 11.3 Å². The molecule has 0 spiro atoms. The van der Waals surface area contributed by atoms with E-state index in [-0.39, 0.29) is 11.6 Å². The molecular formula is C34H32Cl2F3N5O2S2. The van der Waals surface area contributed by atoms with Crippen molar-refractivity contribution in [3.63, 3.8) is 0 Å². The monoisotopic (exact) mass is 733 g/mol. The number of hydrogen-bond donors (Lipinski definition) is 1. The molecule has 48 heavy (non-hydrogen) atoms. The fourth-order valence-electron chi connectivity index (χ4n) is 5.66. The summed E-state index contributed by atoms with van der Waals surface area (Å²) in [5.41, 5.74) is 4.86. The fraction of sp³-hybridized carbons (Fsp3) is 0.324. The number of benzene rings is 2. The summed E-state index contributed by atoms with van der Waals surface area (Å²) >= 11 is 14.3. The molecule has 2 saturated heterocycles. The number of carbonyl (C=O) groups is 1. The number of amides is 1. The molecule has 2 aliphatic rings. The number of nitrogens with one attached hydrogen (secondary N) is 1. The fourth-order valence-corrected chi connectivity index (χ4v) is 8.45. The maximum Gasteiger partial charge on any atom is 0.416 e. The Kier molecular flexibility index (Phi) is 10.3. The van der Waals surface area contributed by atoms with Gasteiger partial charge in [0.15, 0.2) is 5.69 Å². The van der Waals surface area contributed by atoms with E-state index in [1.807, 2.05) is 17.1 Å². The Labute approximate surface area is 291 Å². The number of halogens is 5. The van der Waals surface area contributed by atoms with Crippen LogP contribution < -0.4 is 5.43 Å². The first-order chi connectivity index (χ1) is 22.9. The normalized spacial score (nSPS) is 17.1. The minimum Gasteiger partial charge on any atom is -0.297 e. The van der Waals surface area contributed by atoms with E-state index in [2.05, 4.69) is 28.0 Å². The second kappa shape index (κ2) is 14.3. The average Bonchev–Trinajstić information content (AvgIpc) is 3.66. The molecule has 0 radical (unpaired) electrons. The van der Waals surface area contributed by atoms with E-state index in [1.165, 1.54) is 23.5 Å². The van der Waals surface area contributed by atoms with Crippen molar-refractivity contribution in [2.45, 2.75) is 32.0 Å². The number of rotatable bonds is 6. The molecule has 2 aromatic carbocycles. The van der Waals surface area contributed by atoms with Crippen LogP contribution in [0.4, 0.5) is 13.2 Å².